The van der Waals surface area contributed by atoms with Gasteiger partial charge in [0.1, 0.15) is 6.04 Å². The minimum atomic E-state index is -1.01. The van der Waals surface area contributed by atoms with Gasteiger partial charge in [-0.05, 0) is 29.1 Å². The lowest BCUT2D eigenvalue weighted by molar-refractivity contribution is -0.144. The topological polar surface area (TPSA) is 123 Å². The zero-order chi connectivity index (χ0) is 14.0. The molecule has 1 aliphatic heterocycles. The zero-order valence-corrected chi connectivity index (χ0v) is 10.6. The highest BCUT2D eigenvalue weighted by molar-refractivity contribution is 5.98. The molecule has 0 bridgehead atoms. The monoisotopic (exact) mass is 268 g/mol. The van der Waals surface area contributed by atoms with Crippen molar-refractivity contribution in [2.75, 3.05) is 12.3 Å². The minimum Gasteiger partial charge on any atom is -0.480 e. The number of carbonyl (C=O) groups is 2. The van der Waals surface area contributed by atoms with E-state index in [1.165, 1.54) is 4.90 Å². The molecule has 1 amide bonds. The van der Waals surface area contributed by atoms with E-state index in [1.54, 1.807) is 0 Å². The molecule has 0 aliphatic carbocycles. The van der Waals surface area contributed by atoms with Crippen LogP contribution in [0.25, 0.3) is 0 Å². The molecule has 19 heavy (non-hydrogen) atoms. The third-order valence-corrected chi connectivity index (χ3v) is 3.55. The van der Waals surface area contributed by atoms with E-state index in [4.69, 9.17) is 5.73 Å². The van der Waals surface area contributed by atoms with Crippen molar-refractivity contribution in [2.24, 2.45) is 5.92 Å². The van der Waals surface area contributed by atoms with E-state index in [1.807, 2.05) is 6.92 Å². The lowest BCUT2D eigenvalue weighted by atomic mass is 9.88. The second-order valence-corrected chi connectivity index (χ2v) is 4.65. The molecule has 1 fully saturated rings. The van der Waals surface area contributed by atoms with E-state index < -0.39 is 17.9 Å². The number of piperidine rings is 1. The summed E-state index contributed by atoms with van der Waals surface area (Å²) in [6.45, 7) is 2.39. The van der Waals surface area contributed by atoms with Crippen LogP contribution in [-0.2, 0) is 4.79 Å². The number of hydrogen-bond donors (Lipinski definition) is 2. The van der Waals surface area contributed by atoms with Crippen LogP contribution in [0.3, 0.4) is 0 Å². The van der Waals surface area contributed by atoms with Gasteiger partial charge in [0.15, 0.2) is 0 Å². The molecule has 0 radical (unpaired) electrons. The third-order valence-electron chi connectivity index (χ3n) is 3.55. The van der Waals surface area contributed by atoms with Gasteiger partial charge in [0.2, 0.25) is 11.5 Å². The highest BCUT2D eigenvalue weighted by Crippen LogP contribution is 2.27. The number of carboxylic acid groups (broad SMARTS) is 1. The number of likely N-dealkylation sites (tertiary alicyclic amines) is 1. The number of carbonyl (C=O) groups excluding carboxylic acids is 1. The maximum absolute atomic E-state index is 12.2. The second kappa shape index (κ2) is 5.25. The summed E-state index contributed by atoms with van der Waals surface area (Å²) in [5.41, 5.74) is 5.34. The van der Waals surface area contributed by atoms with Crippen molar-refractivity contribution in [2.45, 2.75) is 32.2 Å². The molecular formula is C11H16N4O4. The van der Waals surface area contributed by atoms with E-state index in [0.717, 1.165) is 12.8 Å². The first-order valence-electron chi connectivity index (χ1n) is 6.16. The van der Waals surface area contributed by atoms with Gasteiger partial charge in [0.25, 0.3) is 5.91 Å². The fraction of sp³-hybridized carbons (Fsp3) is 0.636. The molecule has 1 saturated heterocycles. The summed E-state index contributed by atoms with van der Waals surface area (Å²) in [6, 6.07) is -0.845. The molecule has 0 saturated carbocycles. The number of nitrogen functional groups attached to an aromatic ring is 1. The Morgan fingerprint density at radius 1 is 1.53 bits per heavy atom. The lowest BCUT2D eigenvalue weighted by Gasteiger charge is -2.36. The van der Waals surface area contributed by atoms with Crippen molar-refractivity contribution in [1.82, 2.24) is 15.2 Å². The van der Waals surface area contributed by atoms with Crippen molar-refractivity contribution < 1.29 is 19.3 Å². The third kappa shape index (κ3) is 2.51. The molecule has 2 unspecified atom stereocenters. The zero-order valence-electron chi connectivity index (χ0n) is 10.6. The molecule has 0 spiro atoms. The fourth-order valence-electron chi connectivity index (χ4n) is 2.37. The molecule has 1 aromatic rings. The highest BCUT2D eigenvalue weighted by atomic mass is 16.6. The van der Waals surface area contributed by atoms with Gasteiger partial charge < -0.3 is 15.7 Å². The molecule has 8 heteroatoms. The minimum absolute atomic E-state index is 0.119. The standard InChI is InChI=1S/C11H16N4O4/c1-2-6-3-4-15(7(5-6)11(17)18)10(16)8-9(12)14-19-13-8/h6-7H,2-5H2,1H3,(H2,12,14)(H,17,18). The summed E-state index contributed by atoms with van der Waals surface area (Å²) in [5.74, 6) is -1.35. The van der Waals surface area contributed by atoms with Crippen molar-refractivity contribution in [1.29, 1.82) is 0 Å². The van der Waals surface area contributed by atoms with Crippen LogP contribution in [0.4, 0.5) is 5.82 Å². The van der Waals surface area contributed by atoms with Gasteiger partial charge in [-0.15, -0.1) is 0 Å². The Hall–Kier alpha value is -2.12. The van der Waals surface area contributed by atoms with Crippen molar-refractivity contribution in [3.63, 3.8) is 0 Å². The number of carboxylic acids is 1. The number of nitrogens with two attached hydrogens (primary N) is 1. The van der Waals surface area contributed by atoms with E-state index in [2.05, 4.69) is 14.9 Å². The van der Waals surface area contributed by atoms with E-state index in [0.29, 0.717) is 18.9 Å². The average Bonchev–Trinajstić information content (AvgIpc) is 2.83. The predicted molar refractivity (Wildman–Crippen MR) is 64.2 cm³/mol. The van der Waals surface area contributed by atoms with Gasteiger partial charge in [-0.2, -0.15) is 0 Å². The summed E-state index contributed by atoms with van der Waals surface area (Å²) in [5, 5.41) is 16.0. The molecular weight excluding hydrogens is 252 g/mol. The lowest BCUT2D eigenvalue weighted by Crippen LogP contribution is -2.50. The van der Waals surface area contributed by atoms with Crippen LogP contribution in [0.1, 0.15) is 36.7 Å². The summed E-state index contributed by atoms with van der Waals surface area (Å²) in [7, 11) is 0. The van der Waals surface area contributed by atoms with Gasteiger partial charge in [0, 0.05) is 6.54 Å². The summed E-state index contributed by atoms with van der Waals surface area (Å²) in [4.78, 5) is 24.8. The number of amides is 1. The highest BCUT2D eigenvalue weighted by Gasteiger charge is 2.37. The number of hydrogen-bond acceptors (Lipinski definition) is 6. The molecule has 3 N–H and O–H groups in total. The van der Waals surface area contributed by atoms with Crippen LogP contribution in [0.5, 0.6) is 0 Å². The predicted octanol–water partition coefficient (Wildman–Crippen LogP) is 0.367. The molecule has 1 aliphatic rings. The van der Waals surface area contributed by atoms with E-state index in [9.17, 15) is 14.7 Å². The van der Waals surface area contributed by atoms with Crippen molar-refractivity contribution in [3.8, 4) is 0 Å². The van der Waals surface area contributed by atoms with Crippen molar-refractivity contribution in [3.05, 3.63) is 5.69 Å². The van der Waals surface area contributed by atoms with Crippen LogP contribution in [0.2, 0.25) is 0 Å². The first-order chi connectivity index (χ1) is 9.04. The average molecular weight is 268 g/mol. The number of aromatic nitrogens is 2. The largest absolute Gasteiger partial charge is 0.480 e. The van der Waals surface area contributed by atoms with Gasteiger partial charge in [-0.3, -0.25) is 4.79 Å². The fourth-order valence-corrected chi connectivity index (χ4v) is 2.37. The summed E-state index contributed by atoms with van der Waals surface area (Å²) < 4.78 is 4.38. The first-order valence-corrected chi connectivity index (χ1v) is 6.16. The Morgan fingerprint density at radius 2 is 2.26 bits per heavy atom. The van der Waals surface area contributed by atoms with E-state index in [-0.39, 0.29) is 11.5 Å². The van der Waals surface area contributed by atoms with Crippen LogP contribution in [0, 0.1) is 5.92 Å². The molecule has 2 atom stereocenters. The first kappa shape index (κ1) is 13.3. The van der Waals surface area contributed by atoms with Gasteiger partial charge >= 0.3 is 5.97 Å². The van der Waals surface area contributed by atoms with Crippen LogP contribution in [0.15, 0.2) is 4.63 Å². The van der Waals surface area contributed by atoms with Crippen LogP contribution in [-0.4, -0.2) is 44.8 Å². The van der Waals surface area contributed by atoms with Crippen LogP contribution >= 0.6 is 0 Å². The Morgan fingerprint density at radius 3 is 2.79 bits per heavy atom. The van der Waals surface area contributed by atoms with Gasteiger partial charge in [-0.25, -0.2) is 9.42 Å². The number of nitrogens with zero attached hydrogens (tertiary/aromatic N) is 3. The molecule has 2 rings (SSSR count). The Labute approximate surface area is 109 Å². The Kier molecular flexibility index (Phi) is 3.68. The Bertz CT molecular complexity index is 487. The number of aliphatic carboxylic acids is 1. The molecule has 2 heterocycles. The number of rotatable bonds is 3. The van der Waals surface area contributed by atoms with Crippen LogP contribution < -0.4 is 5.73 Å². The normalized spacial score (nSPS) is 23.3. The quantitative estimate of drug-likeness (QED) is 0.811. The Balaban J connectivity index is 2.20. The van der Waals surface area contributed by atoms with Gasteiger partial charge in [0.05, 0.1) is 0 Å². The van der Waals surface area contributed by atoms with E-state index >= 15 is 0 Å². The van der Waals surface area contributed by atoms with Crippen molar-refractivity contribution >= 4 is 17.7 Å². The molecule has 1 aromatic heterocycles. The smallest absolute Gasteiger partial charge is 0.326 e. The summed E-state index contributed by atoms with van der Waals surface area (Å²) >= 11 is 0. The number of anilines is 1. The maximum atomic E-state index is 12.2. The van der Waals surface area contributed by atoms with Gasteiger partial charge in [-0.1, -0.05) is 13.3 Å². The summed E-state index contributed by atoms with van der Waals surface area (Å²) in [6.07, 6.45) is 2.12. The SMILES string of the molecule is CCC1CCN(C(=O)c2nonc2N)C(C(=O)O)C1. The second-order valence-electron chi connectivity index (χ2n) is 4.65. The maximum Gasteiger partial charge on any atom is 0.326 e. The molecule has 8 nitrogen and oxygen atoms in total. The molecule has 104 valence electrons. The molecule has 0 aromatic carbocycles.